The quantitative estimate of drug-likeness (QED) is 0.125. The molecule has 5 rings (SSSR count). The number of amides is 3. The summed E-state index contributed by atoms with van der Waals surface area (Å²) in [4.78, 5) is 57.8. The number of carbonyl (C=O) groups excluding carboxylic acids is 4. The number of hydrogen-bond donors (Lipinski definition) is 2. The molecule has 46 heavy (non-hydrogen) atoms. The number of esters is 1. The molecule has 3 amide bonds. The summed E-state index contributed by atoms with van der Waals surface area (Å²) in [5, 5.41) is 14.2. The van der Waals surface area contributed by atoms with E-state index in [2.05, 4.69) is 34.4 Å². The van der Waals surface area contributed by atoms with Gasteiger partial charge < -0.3 is 29.7 Å². The van der Waals surface area contributed by atoms with E-state index in [9.17, 15) is 24.3 Å². The van der Waals surface area contributed by atoms with Crippen molar-refractivity contribution in [3.05, 3.63) is 67.8 Å². The molecular weight excluding hydrogens is 654 g/mol. The number of allylic oxidation sites excluding steroid dienone is 1. The Bertz CT molecular complexity index is 1500. The number of hydrogen-bond acceptors (Lipinski definition) is 7. The van der Waals surface area contributed by atoms with Gasteiger partial charge in [0.05, 0.1) is 24.5 Å². The van der Waals surface area contributed by atoms with Crippen LogP contribution in [0.2, 0.25) is 0 Å². The van der Waals surface area contributed by atoms with Gasteiger partial charge in [0.1, 0.15) is 17.7 Å². The van der Waals surface area contributed by atoms with Crippen LogP contribution in [0.3, 0.4) is 0 Å². The Hall–Kier alpha value is -3.54. The summed E-state index contributed by atoms with van der Waals surface area (Å²) in [6.07, 6.45) is 4.12. The zero-order valence-corrected chi connectivity index (χ0v) is 27.7. The molecule has 11 heteroatoms. The molecule has 3 aliphatic heterocycles. The van der Waals surface area contributed by atoms with Crippen LogP contribution in [0.25, 0.3) is 10.8 Å². The Kier molecular flexibility index (Phi) is 10.6. The number of nitrogens with one attached hydrogen (secondary N) is 1. The molecule has 1 unspecified atom stereocenters. The van der Waals surface area contributed by atoms with Gasteiger partial charge in [0, 0.05) is 36.6 Å². The summed E-state index contributed by atoms with van der Waals surface area (Å²) in [7, 11) is 0. The second-order valence-corrected chi connectivity index (χ2v) is 13.4. The maximum Gasteiger partial charge on any atom is 0.312 e. The highest BCUT2D eigenvalue weighted by atomic mass is 79.9. The number of unbranched alkanes of at least 4 members (excludes halogenated alkanes) is 1. The van der Waals surface area contributed by atoms with Gasteiger partial charge in [0.25, 0.3) is 5.91 Å². The molecule has 7 atom stereocenters. The molecule has 3 fully saturated rings. The van der Waals surface area contributed by atoms with E-state index >= 15 is 0 Å². The summed E-state index contributed by atoms with van der Waals surface area (Å²) in [5.74, 6) is -3.27. The zero-order chi connectivity index (χ0) is 33.0. The first kappa shape index (κ1) is 33.8. The van der Waals surface area contributed by atoms with Gasteiger partial charge >= 0.3 is 5.97 Å². The van der Waals surface area contributed by atoms with Crippen molar-refractivity contribution in [2.75, 3.05) is 31.1 Å². The Morgan fingerprint density at radius 1 is 1.20 bits per heavy atom. The first-order valence-electron chi connectivity index (χ1n) is 15.9. The van der Waals surface area contributed by atoms with E-state index in [1.54, 1.807) is 28.9 Å². The SMILES string of the molecule is C=CCCC(=O)NC[C@H](C)OC(=O)[C@H]1[C@@H]2O[C@@]3(CC2Br)[C@@H]1C(=O)N(CCCCO)[C@@H]3C(=O)N(CC=C)c1ccc2ccccc2c1. The van der Waals surface area contributed by atoms with Crippen LogP contribution in [0.15, 0.2) is 67.8 Å². The number of anilines is 1. The van der Waals surface area contributed by atoms with Gasteiger partial charge in [-0.15, -0.1) is 13.2 Å². The van der Waals surface area contributed by atoms with Crippen molar-refractivity contribution in [3.63, 3.8) is 0 Å². The molecule has 10 nitrogen and oxygen atoms in total. The number of likely N-dealkylation sites (tertiary alicyclic amines) is 1. The third-order valence-corrected chi connectivity index (χ3v) is 10.0. The topological polar surface area (TPSA) is 125 Å². The molecule has 0 saturated carbocycles. The fraction of sp³-hybridized carbons (Fsp3) is 0.486. The van der Waals surface area contributed by atoms with Crippen LogP contribution in [0.4, 0.5) is 5.69 Å². The summed E-state index contributed by atoms with van der Waals surface area (Å²) in [6.45, 7) is 9.69. The van der Waals surface area contributed by atoms with Crippen LogP contribution >= 0.6 is 15.9 Å². The van der Waals surface area contributed by atoms with Gasteiger partial charge in [-0.05, 0) is 55.5 Å². The Morgan fingerprint density at radius 2 is 1.96 bits per heavy atom. The summed E-state index contributed by atoms with van der Waals surface area (Å²) in [6, 6.07) is 12.6. The number of nitrogens with zero attached hydrogens (tertiary/aromatic N) is 2. The van der Waals surface area contributed by atoms with E-state index in [4.69, 9.17) is 9.47 Å². The van der Waals surface area contributed by atoms with E-state index in [1.807, 2.05) is 42.5 Å². The molecule has 0 aliphatic carbocycles. The summed E-state index contributed by atoms with van der Waals surface area (Å²) in [5.41, 5.74) is -0.594. The molecule has 3 aliphatic rings. The van der Waals surface area contributed by atoms with Crippen LogP contribution in [-0.2, 0) is 28.7 Å². The average Bonchev–Trinajstić information content (AvgIpc) is 3.64. The van der Waals surface area contributed by atoms with Crippen molar-refractivity contribution in [2.24, 2.45) is 11.8 Å². The molecule has 2 bridgehead atoms. The predicted octanol–water partition coefficient (Wildman–Crippen LogP) is 3.89. The highest BCUT2D eigenvalue weighted by Crippen LogP contribution is 2.60. The first-order valence-corrected chi connectivity index (χ1v) is 16.8. The van der Waals surface area contributed by atoms with Crippen LogP contribution in [-0.4, -0.2) is 88.6 Å². The fourth-order valence-electron chi connectivity index (χ4n) is 7.15. The molecule has 1 spiro atoms. The molecule has 3 saturated heterocycles. The molecule has 0 aromatic heterocycles. The van der Waals surface area contributed by atoms with Crippen molar-refractivity contribution in [2.45, 2.75) is 67.7 Å². The average molecular weight is 697 g/mol. The number of fused-ring (bicyclic) bond motifs is 2. The van der Waals surface area contributed by atoms with Crippen molar-refractivity contribution in [1.29, 1.82) is 0 Å². The zero-order valence-electron chi connectivity index (χ0n) is 26.1. The highest BCUT2D eigenvalue weighted by Gasteiger charge is 2.77. The standard InChI is InChI=1S/C35H42BrN3O7/c1-4-6-13-27(41)37-21-22(3)45-34(44)28-29-32(42)39(17-9-10-18-40)31(35(29)20-26(36)30(28)46-35)33(43)38(16-5-2)25-15-14-23-11-7-8-12-24(23)19-25/h4-5,7-8,11-12,14-15,19,22,26,28-31,40H,1-2,6,9-10,13,16-18,20-21H2,3H3,(H,37,41)/t22-,26?,28+,29-,30+,31+,35-/m0/s1. The van der Waals surface area contributed by atoms with Crippen LogP contribution in [0.1, 0.15) is 39.0 Å². The number of benzene rings is 2. The third-order valence-electron chi connectivity index (χ3n) is 9.20. The fourth-order valence-corrected chi connectivity index (χ4v) is 8.10. The highest BCUT2D eigenvalue weighted by molar-refractivity contribution is 9.09. The minimum atomic E-state index is -1.26. The predicted molar refractivity (Wildman–Crippen MR) is 178 cm³/mol. The van der Waals surface area contributed by atoms with E-state index < -0.39 is 41.7 Å². The lowest BCUT2D eigenvalue weighted by atomic mass is 9.70. The van der Waals surface area contributed by atoms with E-state index in [0.29, 0.717) is 31.4 Å². The Morgan fingerprint density at radius 3 is 2.67 bits per heavy atom. The molecule has 2 N–H and O–H groups in total. The Labute approximate surface area is 277 Å². The number of aliphatic hydroxyl groups excluding tert-OH is 1. The largest absolute Gasteiger partial charge is 0.460 e. The molecule has 246 valence electrons. The van der Waals surface area contributed by atoms with E-state index in [-0.39, 0.29) is 55.2 Å². The van der Waals surface area contributed by atoms with Gasteiger partial charge in [0.15, 0.2) is 0 Å². The van der Waals surface area contributed by atoms with Crippen LogP contribution < -0.4 is 10.2 Å². The van der Waals surface area contributed by atoms with Gasteiger partial charge in [-0.2, -0.15) is 0 Å². The lowest BCUT2D eigenvalue weighted by Crippen LogP contribution is -2.57. The molecule has 3 heterocycles. The van der Waals surface area contributed by atoms with Crippen LogP contribution in [0, 0.1) is 11.8 Å². The normalized spacial score (nSPS) is 26.9. The molecule has 0 radical (unpaired) electrons. The second kappa shape index (κ2) is 14.5. The molecule has 2 aromatic rings. The second-order valence-electron chi connectivity index (χ2n) is 12.3. The summed E-state index contributed by atoms with van der Waals surface area (Å²) >= 11 is 3.69. The third kappa shape index (κ3) is 6.37. The van der Waals surface area contributed by atoms with Crippen molar-refractivity contribution < 1.29 is 33.8 Å². The smallest absolute Gasteiger partial charge is 0.312 e. The maximum atomic E-state index is 14.7. The Balaban J connectivity index is 1.45. The van der Waals surface area contributed by atoms with Gasteiger partial charge in [-0.3, -0.25) is 19.2 Å². The minimum Gasteiger partial charge on any atom is -0.460 e. The van der Waals surface area contributed by atoms with Gasteiger partial charge in [0.2, 0.25) is 11.8 Å². The first-order chi connectivity index (χ1) is 22.2. The van der Waals surface area contributed by atoms with Crippen molar-refractivity contribution in [1.82, 2.24) is 10.2 Å². The molecule has 2 aromatic carbocycles. The van der Waals surface area contributed by atoms with Crippen molar-refractivity contribution >= 4 is 56.1 Å². The van der Waals surface area contributed by atoms with Gasteiger partial charge in [-0.25, -0.2) is 0 Å². The lowest BCUT2D eigenvalue weighted by Gasteiger charge is -2.37. The van der Waals surface area contributed by atoms with E-state index in [1.165, 1.54) is 0 Å². The number of carbonyl (C=O) groups is 4. The number of ether oxygens (including phenoxy) is 2. The number of alkyl halides is 1. The number of rotatable bonds is 15. The van der Waals surface area contributed by atoms with E-state index in [0.717, 1.165) is 10.8 Å². The number of aliphatic hydroxyl groups is 1. The van der Waals surface area contributed by atoms with Crippen LogP contribution in [0.5, 0.6) is 0 Å². The lowest BCUT2D eigenvalue weighted by molar-refractivity contribution is -0.159. The maximum absolute atomic E-state index is 14.7. The van der Waals surface area contributed by atoms with Crippen molar-refractivity contribution in [3.8, 4) is 0 Å². The minimum absolute atomic E-state index is 0.0477. The molecular formula is C35H42BrN3O7. The summed E-state index contributed by atoms with van der Waals surface area (Å²) < 4.78 is 12.4. The monoisotopic (exact) mass is 695 g/mol. The number of halogens is 1. The van der Waals surface area contributed by atoms with Gasteiger partial charge in [-0.1, -0.05) is 58.4 Å².